The second-order valence-corrected chi connectivity index (χ2v) is 5.48. The highest BCUT2D eigenvalue weighted by Gasteiger charge is 2.12. The molecule has 1 rings (SSSR count). The average Bonchev–Trinajstić information content (AvgIpc) is 2.25. The van der Waals surface area contributed by atoms with Crippen molar-refractivity contribution >= 4 is 15.9 Å². The summed E-state index contributed by atoms with van der Waals surface area (Å²) >= 11 is 0. The molecule has 7 heteroatoms. The maximum absolute atomic E-state index is 13.6. The first-order chi connectivity index (χ1) is 8.84. The van der Waals surface area contributed by atoms with Gasteiger partial charge < -0.3 is 5.11 Å². The monoisotopic (exact) mass is 286 g/mol. The minimum atomic E-state index is -3.72. The zero-order valence-corrected chi connectivity index (χ0v) is 11.4. The first-order valence-electron chi connectivity index (χ1n) is 5.53. The number of halogens is 1. The van der Waals surface area contributed by atoms with E-state index in [2.05, 4.69) is 21.3 Å². The molecule has 0 radical (unpaired) electrons. The first kappa shape index (κ1) is 15.4. The molecule has 0 unspecified atom stereocenters. The molecule has 1 aromatic rings. The Morgan fingerprint density at radius 3 is 2.63 bits per heavy atom. The molecule has 0 saturated carbocycles. The highest BCUT2D eigenvalue weighted by molar-refractivity contribution is 7.90. The number of hydrogen-bond donors (Lipinski definition) is 3. The smallest absolute Gasteiger partial charge is 0.299 e. The lowest BCUT2D eigenvalue weighted by Gasteiger charge is -2.11. The van der Waals surface area contributed by atoms with Gasteiger partial charge in [0.05, 0.1) is 11.3 Å². The lowest BCUT2D eigenvalue weighted by atomic mass is 10.2. The van der Waals surface area contributed by atoms with E-state index in [1.54, 1.807) is 13.8 Å². The molecule has 0 aliphatic rings. The van der Waals surface area contributed by atoms with Gasteiger partial charge in [-0.3, -0.25) is 4.72 Å². The predicted octanol–water partition coefficient (Wildman–Crippen LogP) is 0.824. The molecule has 5 nitrogen and oxygen atoms in total. The number of nitrogens with one attached hydrogen (secondary N) is 2. The van der Waals surface area contributed by atoms with Crippen LogP contribution >= 0.6 is 0 Å². The largest absolute Gasteiger partial charge is 0.384 e. The third-order valence-electron chi connectivity index (χ3n) is 1.91. The highest BCUT2D eigenvalue weighted by Crippen LogP contribution is 2.14. The van der Waals surface area contributed by atoms with Crippen molar-refractivity contribution in [2.24, 2.45) is 0 Å². The van der Waals surface area contributed by atoms with Crippen molar-refractivity contribution in [1.82, 2.24) is 4.72 Å². The molecule has 3 N–H and O–H groups in total. The molecular weight excluding hydrogens is 271 g/mol. The van der Waals surface area contributed by atoms with Gasteiger partial charge in [0.2, 0.25) is 0 Å². The fraction of sp³-hybridized carbons (Fsp3) is 0.333. The van der Waals surface area contributed by atoms with Crippen LogP contribution in [0.15, 0.2) is 18.2 Å². The van der Waals surface area contributed by atoms with Crippen molar-refractivity contribution in [3.63, 3.8) is 0 Å². The molecule has 0 atom stereocenters. The normalized spacial score (nSPS) is 11.0. The van der Waals surface area contributed by atoms with Crippen LogP contribution in [0.5, 0.6) is 0 Å². The van der Waals surface area contributed by atoms with Gasteiger partial charge >= 0.3 is 0 Å². The van der Waals surface area contributed by atoms with Gasteiger partial charge in [0.25, 0.3) is 10.2 Å². The Morgan fingerprint density at radius 2 is 2.11 bits per heavy atom. The topological polar surface area (TPSA) is 78.4 Å². The Labute approximate surface area is 112 Å². The van der Waals surface area contributed by atoms with Crippen LogP contribution in [0.3, 0.4) is 0 Å². The number of hydrogen-bond acceptors (Lipinski definition) is 3. The van der Waals surface area contributed by atoms with Gasteiger partial charge in [-0.15, -0.1) is 0 Å². The van der Waals surface area contributed by atoms with E-state index in [1.807, 2.05) is 0 Å². The summed E-state index contributed by atoms with van der Waals surface area (Å²) in [5.74, 6) is 4.07. The Balaban J connectivity index is 2.90. The van der Waals surface area contributed by atoms with Crippen LogP contribution in [-0.4, -0.2) is 26.2 Å². The summed E-state index contributed by atoms with van der Waals surface area (Å²) in [6, 6.07) is 3.49. The van der Waals surface area contributed by atoms with Crippen LogP contribution in [0.25, 0.3) is 0 Å². The van der Waals surface area contributed by atoms with Crippen molar-refractivity contribution in [3.05, 3.63) is 29.6 Å². The quantitative estimate of drug-likeness (QED) is 0.717. The van der Waals surface area contributed by atoms with E-state index in [0.717, 1.165) is 6.07 Å². The molecule has 19 heavy (non-hydrogen) atoms. The maximum atomic E-state index is 13.6. The molecule has 0 saturated heterocycles. The van der Waals surface area contributed by atoms with Gasteiger partial charge in [-0.05, 0) is 32.0 Å². The third kappa shape index (κ3) is 5.26. The van der Waals surface area contributed by atoms with Crippen molar-refractivity contribution < 1.29 is 17.9 Å². The van der Waals surface area contributed by atoms with Crippen molar-refractivity contribution in [1.29, 1.82) is 0 Å². The number of benzene rings is 1. The molecule has 0 aliphatic carbocycles. The van der Waals surface area contributed by atoms with E-state index in [9.17, 15) is 12.8 Å². The molecule has 104 valence electrons. The summed E-state index contributed by atoms with van der Waals surface area (Å²) in [7, 11) is -3.72. The Hall–Kier alpha value is -1.62. The van der Waals surface area contributed by atoms with Gasteiger partial charge in [-0.2, -0.15) is 13.1 Å². The Kier molecular flexibility index (Phi) is 5.30. The average molecular weight is 286 g/mol. The lowest BCUT2D eigenvalue weighted by Crippen LogP contribution is -2.35. The molecule has 0 heterocycles. The maximum Gasteiger partial charge on any atom is 0.299 e. The van der Waals surface area contributed by atoms with E-state index < -0.39 is 16.0 Å². The van der Waals surface area contributed by atoms with Crippen LogP contribution in [-0.2, 0) is 10.2 Å². The van der Waals surface area contributed by atoms with Crippen molar-refractivity contribution in [3.8, 4) is 11.8 Å². The molecule has 0 aliphatic heterocycles. The molecule has 0 bridgehead atoms. The molecule has 0 amide bonds. The fourth-order valence-electron chi connectivity index (χ4n) is 1.31. The van der Waals surface area contributed by atoms with Crippen LogP contribution in [0.1, 0.15) is 19.4 Å². The highest BCUT2D eigenvalue weighted by atomic mass is 32.2. The van der Waals surface area contributed by atoms with E-state index in [4.69, 9.17) is 5.11 Å². The predicted molar refractivity (Wildman–Crippen MR) is 71.2 cm³/mol. The van der Waals surface area contributed by atoms with Crippen molar-refractivity contribution in [2.45, 2.75) is 19.9 Å². The Morgan fingerprint density at radius 1 is 1.42 bits per heavy atom. The van der Waals surface area contributed by atoms with Crippen molar-refractivity contribution in [2.75, 3.05) is 11.3 Å². The summed E-state index contributed by atoms with van der Waals surface area (Å²) in [4.78, 5) is 0. The second kappa shape index (κ2) is 6.52. The van der Waals surface area contributed by atoms with E-state index in [0.29, 0.717) is 0 Å². The lowest BCUT2D eigenvalue weighted by molar-refractivity contribution is 0.350. The van der Waals surface area contributed by atoms with Crippen LogP contribution < -0.4 is 9.44 Å². The summed E-state index contributed by atoms with van der Waals surface area (Å²) in [5, 5.41) is 8.51. The standard InChI is InChI=1S/C12H15FN2O3S/c1-9(2)14-19(17,18)15-11-6-5-10(4-3-7-16)12(13)8-11/h5-6,8-9,14-16H,7H2,1-2H3. The third-order valence-corrected chi connectivity index (χ3v) is 3.20. The van der Waals surface area contributed by atoms with Gasteiger partial charge in [0.15, 0.2) is 0 Å². The molecule has 0 fully saturated rings. The minimum absolute atomic E-state index is 0.0915. The van der Waals surface area contributed by atoms with Crippen LogP contribution in [0.4, 0.5) is 10.1 Å². The second-order valence-electron chi connectivity index (χ2n) is 4.03. The summed E-state index contributed by atoms with van der Waals surface area (Å²) < 4.78 is 41.2. The molecule has 0 spiro atoms. The summed E-state index contributed by atoms with van der Waals surface area (Å²) in [6.45, 7) is 2.98. The van der Waals surface area contributed by atoms with E-state index >= 15 is 0 Å². The minimum Gasteiger partial charge on any atom is -0.384 e. The zero-order valence-electron chi connectivity index (χ0n) is 10.6. The molecule has 1 aromatic carbocycles. The van der Waals surface area contributed by atoms with Crippen LogP contribution in [0, 0.1) is 17.7 Å². The molecular formula is C12H15FN2O3S. The van der Waals surface area contributed by atoms with Gasteiger partial charge in [0, 0.05) is 6.04 Å². The Bertz CT molecular complexity index is 603. The first-order valence-corrected chi connectivity index (χ1v) is 7.01. The summed E-state index contributed by atoms with van der Waals surface area (Å²) in [5.41, 5.74) is 0.189. The number of anilines is 1. The summed E-state index contributed by atoms with van der Waals surface area (Å²) in [6.07, 6.45) is 0. The molecule has 0 aromatic heterocycles. The number of aliphatic hydroxyl groups excluding tert-OH is 1. The SMILES string of the molecule is CC(C)NS(=O)(=O)Nc1ccc(C#CCO)c(F)c1. The van der Waals surface area contributed by atoms with Gasteiger partial charge in [-0.25, -0.2) is 4.39 Å². The zero-order chi connectivity index (χ0) is 14.5. The van der Waals surface area contributed by atoms with E-state index in [-0.39, 0.29) is 23.9 Å². The van der Waals surface area contributed by atoms with E-state index in [1.165, 1.54) is 12.1 Å². The number of aliphatic hydroxyl groups is 1. The van der Waals surface area contributed by atoms with Crippen LogP contribution in [0.2, 0.25) is 0 Å². The van der Waals surface area contributed by atoms with Gasteiger partial charge in [-0.1, -0.05) is 11.8 Å². The fourth-order valence-corrected chi connectivity index (χ4v) is 2.43. The number of rotatable bonds is 4. The van der Waals surface area contributed by atoms with Gasteiger partial charge in [0.1, 0.15) is 12.4 Å².